The molecule has 0 N–H and O–H groups in total. The van der Waals surface area contributed by atoms with Gasteiger partial charge in [-0.15, -0.1) is 0 Å². The highest BCUT2D eigenvalue weighted by atomic mass is 19.1. The van der Waals surface area contributed by atoms with Gasteiger partial charge in [0.2, 0.25) is 0 Å². The third-order valence-corrected chi connectivity index (χ3v) is 4.55. The minimum absolute atomic E-state index is 0.103. The van der Waals surface area contributed by atoms with E-state index in [1.165, 1.54) is 30.5 Å². The number of hydrogen-bond acceptors (Lipinski definition) is 1. The van der Waals surface area contributed by atoms with Crippen molar-refractivity contribution in [2.75, 3.05) is 11.4 Å². The monoisotopic (exact) mass is 293 g/mol. The smallest absolute Gasteiger partial charge is 0.123 e. The zero-order valence-electron chi connectivity index (χ0n) is 14.5. The Kier molecular flexibility index (Phi) is 7.77. The van der Waals surface area contributed by atoms with Gasteiger partial charge in [-0.1, -0.05) is 40.5 Å². The molecule has 0 aliphatic carbocycles. The maximum atomic E-state index is 13.3. The van der Waals surface area contributed by atoms with Gasteiger partial charge in [-0.05, 0) is 55.9 Å². The first-order valence-electron chi connectivity index (χ1n) is 8.72. The molecule has 2 heteroatoms. The topological polar surface area (TPSA) is 3.24 Å². The van der Waals surface area contributed by atoms with E-state index in [9.17, 15) is 4.39 Å². The first-order valence-corrected chi connectivity index (χ1v) is 8.72. The molecular weight excluding hydrogens is 261 g/mol. The molecule has 1 nitrogen and oxygen atoms in total. The number of benzene rings is 1. The fourth-order valence-corrected chi connectivity index (χ4v) is 3.43. The number of anilines is 1. The second-order valence-corrected chi connectivity index (χ2v) is 5.77. The molecule has 1 aromatic rings. The van der Waals surface area contributed by atoms with Gasteiger partial charge < -0.3 is 4.90 Å². The minimum Gasteiger partial charge on any atom is -0.368 e. The van der Waals surface area contributed by atoms with E-state index in [0.29, 0.717) is 6.04 Å². The van der Waals surface area contributed by atoms with Crippen molar-refractivity contribution < 1.29 is 4.39 Å². The molecule has 1 aliphatic heterocycles. The lowest BCUT2D eigenvalue weighted by Gasteiger charge is -2.40. The number of rotatable bonds is 5. The highest BCUT2D eigenvalue weighted by Gasteiger charge is 2.26. The highest BCUT2D eigenvalue weighted by Crippen LogP contribution is 2.32. The molecule has 1 aliphatic rings. The maximum absolute atomic E-state index is 13.3. The van der Waals surface area contributed by atoms with Gasteiger partial charge in [0.1, 0.15) is 5.82 Å². The minimum atomic E-state index is -0.103. The lowest BCUT2D eigenvalue weighted by Crippen LogP contribution is -2.41. The van der Waals surface area contributed by atoms with E-state index in [0.717, 1.165) is 25.3 Å². The van der Waals surface area contributed by atoms with Gasteiger partial charge in [0.15, 0.2) is 0 Å². The van der Waals surface area contributed by atoms with Gasteiger partial charge in [-0.25, -0.2) is 4.39 Å². The van der Waals surface area contributed by atoms with Crippen molar-refractivity contribution in [2.45, 2.75) is 72.8 Å². The quantitative estimate of drug-likeness (QED) is 0.661. The van der Waals surface area contributed by atoms with E-state index in [-0.39, 0.29) is 5.82 Å². The van der Waals surface area contributed by atoms with Crippen LogP contribution in [0.15, 0.2) is 18.2 Å². The van der Waals surface area contributed by atoms with Crippen LogP contribution in [-0.2, 0) is 6.42 Å². The van der Waals surface area contributed by atoms with Crippen molar-refractivity contribution in [1.82, 2.24) is 0 Å². The molecule has 2 rings (SSSR count). The van der Waals surface area contributed by atoms with E-state index in [1.54, 1.807) is 12.1 Å². The van der Waals surface area contributed by atoms with Crippen molar-refractivity contribution in [3.8, 4) is 0 Å². The predicted molar refractivity (Wildman–Crippen MR) is 91.6 cm³/mol. The van der Waals surface area contributed by atoms with Gasteiger partial charge >= 0.3 is 0 Å². The molecule has 0 saturated heterocycles. The first-order chi connectivity index (χ1) is 10.2. The molecule has 1 aromatic carbocycles. The van der Waals surface area contributed by atoms with Crippen molar-refractivity contribution in [1.29, 1.82) is 0 Å². The summed E-state index contributed by atoms with van der Waals surface area (Å²) in [5, 5.41) is 0. The summed E-state index contributed by atoms with van der Waals surface area (Å²) in [4.78, 5) is 2.50. The Balaban J connectivity index is 0.00000106. The van der Waals surface area contributed by atoms with Gasteiger partial charge in [0, 0.05) is 18.3 Å². The van der Waals surface area contributed by atoms with Crippen LogP contribution in [0.2, 0.25) is 0 Å². The van der Waals surface area contributed by atoms with Crippen molar-refractivity contribution in [3.63, 3.8) is 0 Å². The molecule has 2 unspecified atom stereocenters. The van der Waals surface area contributed by atoms with Crippen LogP contribution in [0.25, 0.3) is 0 Å². The average Bonchev–Trinajstić information content (AvgIpc) is 2.53. The summed E-state index contributed by atoms with van der Waals surface area (Å²) in [7, 11) is 0. The van der Waals surface area contributed by atoms with E-state index in [4.69, 9.17) is 0 Å². The molecule has 0 radical (unpaired) electrons. The molecule has 0 fully saturated rings. The molecule has 0 saturated carbocycles. The highest BCUT2D eigenvalue weighted by molar-refractivity contribution is 5.56. The van der Waals surface area contributed by atoms with Crippen LogP contribution < -0.4 is 4.90 Å². The predicted octanol–water partition coefficient (Wildman–Crippen LogP) is 5.82. The summed E-state index contributed by atoms with van der Waals surface area (Å²) in [6.45, 7) is 12.0. The van der Waals surface area contributed by atoms with Gasteiger partial charge in [-0.2, -0.15) is 0 Å². The number of aryl methyl sites for hydroxylation is 1. The second kappa shape index (κ2) is 9.07. The molecule has 1 heterocycles. The Hall–Kier alpha value is -1.05. The summed E-state index contributed by atoms with van der Waals surface area (Å²) >= 11 is 0. The first kappa shape index (κ1) is 18.0. The summed E-state index contributed by atoms with van der Waals surface area (Å²) in [5.41, 5.74) is 2.44. The van der Waals surface area contributed by atoms with E-state index < -0.39 is 0 Å². The van der Waals surface area contributed by atoms with Gasteiger partial charge in [-0.3, -0.25) is 0 Å². The zero-order chi connectivity index (χ0) is 15.8. The van der Waals surface area contributed by atoms with Crippen LogP contribution >= 0.6 is 0 Å². The molecule has 2 atom stereocenters. The van der Waals surface area contributed by atoms with Gasteiger partial charge in [0.25, 0.3) is 0 Å². The molecule has 21 heavy (non-hydrogen) atoms. The zero-order valence-corrected chi connectivity index (χ0v) is 14.5. The number of fused-ring (bicyclic) bond motifs is 1. The molecular formula is C19H32FN. The fourth-order valence-electron chi connectivity index (χ4n) is 3.43. The fraction of sp³-hybridized carbons (Fsp3) is 0.684. The Bertz CT molecular complexity index is 416. The SMILES string of the molecule is CC.CCCC(CC)C(C)N1CCCc2cc(F)ccc21. The Morgan fingerprint density at radius 3 is 2.57 bits per heavy atom. The third kappa shape index (κ3) is 4.46. The molecule has 0 amide bonds. The molecule has 0 spiro atoms. The Labute approximate surface area is 130 Å². The summed E-state index contributed by atoms with van der Waals surface area (Å²) in [6, 6.07) is 5.84. The summed E-state index contributed by atoms with van der Waals surface area (Å²) in [6.07, 6.45) is 5.91. The van der Waals surface area contributed by atoms with Crippen LogP contribution in [0.5, 0.6) is 0 Å². The van der Waals surface area contributed by atoms with Crippen molar-refractivity contribution in [2.24, 2.45) is 5.92 Å². The standard InChI is InChI=1S/C17H26FN.C2H6/c1-4-7-14(5-2)13(3)19-11-6-8-15-12-16(18)9-10-17(15)19;1-2/h9-10,12-14H,4-8,11H2,1-3H3;1-2H3. The van der Waals surface area contributed by atoms with Crippen molar-refractivity contribution >= 4 is 5.69 Å². The van der Waals surface area contributed by atoms with Crippen LogP contribution in [-0.4, -0.2) is 12.6 Å². The normalized spacial score (nSPS) is 16.6. The molecule has 0 aromatic heterocycles. The summed E-state index contributed by atoms with van der Waals surface area (Å²) in [5.74, 6) is 0.634. The number of hydrogen-bond donors (Lipinski definition) is 0. The van der Waals surface area contributed by atoms with E-state index >= 15 is 0 Å². The van der Waals surface area contributed by atoms with E-state index in [2.05, 4.69) is 25.7 Å². The van der Waals surface area contributed by atoms with Crippen LogP contribution in [0.4, 0.5) is 10.1 Å². The maximum Gasteiger partial charge on any atom is 0.123 e. The largest absolute Gasteiger partial charge is 0.368 e. The number of halogens is 1. The summed E-state index contributed by atoms with van der Waals surface area (Å²) < 4.78 is 13.3. The molecule has 120 valence electrons. The Morgan fingerprint density at radius 1 is 1.24 bits per heavy atom. The van der Waals surface area contributed by atoms with Crippen LogP contribution in [0.3, 0.4) is 0 Å². The Morgan fingerprint density at radius 2 is 1.95 bits per heavy atom. The second-order valence-electron chi connectivity index (χ2n) is 5.77. The average molecular weight is 293 g/mol. The van der Waals surface area contributed by atoms with Crippen LogP contribution in [0, 0.1) is 11.7 Å². The third-order valence-electron chi connectivity index (χ3n) is 4.55. The lowest BCUT2D eigenvalue weighted by atomic mass is 9.90. The van der Waals surface area contributed by atoms with E-state index in [1.807, 2.05) is 19.9 Å². The molecule has 0 bridgehead atoms. The van der Waals surface area contributed by atoms with Crippen LogP contribution in [0.1, 0.15) is 65.9 Å². The number of nitrogens with zero attached hydrogens (tertiary/aromatic N) is 1. The van der Waals surface area contributed by atoms with Gasteiger partial charge in [0.05, 0.1) is 0 Å². The van der Waals surface area contributed by atoms with Crippen molar-refractivity contribution in [3.05, 3.63) is 29.6 Å². The lowest BCUT2D eigenvalue weighted by molar-refractivity contribution is 0.371.